The Bertz CT molecular complexity index is 638. The van der Waals surface area contributed by atoms with Gasteiger partial charge in [-0.15, -0.1) is 24.0 Å². The zero-order chi connectivity index (χ0) is 18.2. The van der Waals surface area contributed by atoms with Crippen LogP contribution in [-0.2, 0) is 6.42 Å². The standard InChI is InChI=1S/C19H32N6.HI/c1-15(2)25(16(3)4)13-11-22-19(20-5)21-10-9-17-14-24-12-7-6-8-18(24)23-17;/h6-8,12,14-16H,9-11,13H2,1-5H3,(H2,20,21,22);1H. The molecule has 0 aliphatic heterocycles. The number of hydrogen-bond acceptors (Lipinski definition) is 3. The molecule has 2 aromatic rings. The first-order valence-electron chi connectivity index (χ1n) is 9.14. The summed E-state index contributed by atoms with van der Waals surface area (Å²) < 4.78 is 2.05. The molecule has 0 saturated heterocycles. The SMILES string of the molecule is CN=C(NCCc1cn2ccccc2n1)NCCN(C(C)C)C(C)C.I. The van der Waals surface area contributed by atoms with Crippen molar-refractivity contribution in [3.05, 3.63) is 36.3 Å². The average molecular weight is 472 g/mol. The van der Waals surface area contributed by atoms with Crippen LogP contribution in [-0.4, -0.2) is 59.0 Å². The van der Waals surface area contributed by atoms with Crippen LogP contribution < -0.4 is 10.6 Å². The van der Waals surface area contributed by atoms with Gasteiger partial charge in [-0.1, -0.05) is 6.07 Å². The van der Waals surface area contributed by atoms with Crippen LogP contribution in [0.5, 0.6) is 0 Å². The predicted molar refractivity (Wildman–Crippen MR) is 121 cm³/mol. The Labute approximate surface area is 174 Å². The molecule has 0 amide bonds. The highest BCUT2D eigenvalue weighted by atomic mass is 127. The van der Waals surface area contributed by atoms with Gasteiger partial charge in [0.15, 0.2) is 5.96 Å². The van der Waals surface area contributed by atoms with Crippen LogP contribution in [0.2, 0.25) is 0 Å². The summed E-state index contributed by atoms with van der Waals surface area (Å²) in [6.45, 7) is 11.6. The molecular formula is C19H33IN6. The molecule has 0 aromatic carbocycles. The fourth-order valence-corrected chi connectivity index (χ4v) is 3.05. The summed E-state index contributed by atoms with van der Waals surface area (Å²) in [5.41, 5.74) is 2.07. The number of nitrogens with one attached hydrogen (secondary N) is 2. The van der Waals surface area contributed by atoms with Crippen molar-refractivity contribution in [3.8, 4) is 0 Å². The molecule has 2 heterocycles. The first-order valence-corrected chi connectivity index (χ1v) is 9.14. The van der Waals surface area contributed by atoms with E-state index in [0.29, 0.717) is 12.1 Å². The second-order valence-corrected chi connectivity index (χ2v) is 6.80. The maximum atomic E-state index is 4.62. The fourth-order valence-electron chi connectivity index (χ4n) is 3.05. The van der Waals surface area contributed by atoms with E-state index >= 15 is 0 Å². The number of nitrogens with zero attached hydrogens (tertiary/aromatic N) is 4. The molecule has 0 aliphatic rings. The Kier molecular flexibility index (Phi) is 9.93. The van der Waals surface area contributed by atoms with Crippen molar-refractivity contribution in [2.45, 2.75) is 46.2 Å². The maximum absolute atomic E-state index is 4.62. The third-order valence-corrected chi connectivity index (χ3v) is 4.30. The van der Waals surface area contributed by atoms with E-state index in [4.69, 9.17) is 0 Å². The van der Waals surface area contributed by atoms with Crippen LogP contribution in [0, 0.1) is 0 Å². The Morgan fingerprint density at radius 1 is 1.15 bits per heavy atom. The number of halogens is 1. The van der Waals surface area contributed by atoms with E-state index in [1.807, 2.05) is 31.4 Å². The molecule has 2 rings (SSSR count). The number of imidazole rings is 1. The molecule has 0 spiro atoms. The van der Waals surface area contributed by atoms with Crippen molar-refractivity contribution in [1.82, 2.24) is 24.9 Å². The quantitative estimate of drug-likeness (QED) is 0.353. The zero-order valence-corrected chi connectivity index (χ0v) is 18.9. The summed E-state index contributed by atoms with van der Waals surface area (Å²) in [5.74, 6) is 0.844. The van der Waals surface area contributed by atoms with Gasteiger partial charge in [0, 0.05) is 57.6 Å². The van der Waals surface area contributed by atoms with Crippen LogP contribution >= 0.6 is 24.0 Å². The van der Waals surface area contributed by atoms with Gasteiger partial charge in [0.2, 0.25) is 0 Å². The number of guanidine groups is 1. The van der Waals surface area contributed by atoms with Gasteiger partial charge in [-0.2, -0.15) is 0 Å². The smallest absolute Gasteiger partial charge is 0.191 e. The number of aliphatic imine (C=N–C) groups is 1. The van der Waals surface area contributed by atoms with E-state index in [-0.39, 0.29) is 24.0 Å². The van der Waals surface area contributed by atoms with Gasteiger partial charge in [0.1, 0.15) is 5.65 Å². The summed E-state index contributed by atoms with van der Waals surface area (Å²) in [4.78, 5) is 11.4. The molecule has 0 atom stereocenters. The van der Waals surface area contributed by atoms with E-state index in [1.165, 1.54) is 0 Å². The van der Waals surface area contributed by atoms with Gasteiger partial charge >= 0.3 is 0 Å². The van der Waals surface area contributed by atoms with Crippen molar-refractivity contribution in [1.29, 1.82) is 0 Å². The number of pyridine rings is 1. The molecule has 2 N–H and O–H groups in total. The summed E-state index contributed by atoms with van der Waals surface area (Å²) in [6, 6.07) is 7.14. The van der Waals surface area contributed by atoms with Crippen molar-refractivity contribution in [2.75, 3.05) is 26.7 Å². The van der Waals surface area contributed by atoms with Crippen LogP contribution in [0.1, 0.15) is 33.4 Å². The molecule has 2 aromatic heterocycles. The van der Waals surface area contributed by atoms with Gasteiger partial charge in [0.25, 0.3) is 0 Å². The summed E-state index contributed by atoms with van der Waals surface area (Å²) in [5, 5.41) is 6.76. The lowest BCUT2D eigenvalue weighted by Gasteiger charge is -2.30. The fraction of sp³-hybridized carbons (Fsp3) is 0.579. The monoisotopic (exact) mass is 472 g/mol. The second kappa shape index (κ2) is 11.4. The first kappa shape index (κ1) is 22.7. The summed E-state index contributed by atoms with van der Waals surface area (Å²) in [6.07, 6.45) is 4.97. The van der Waals surface area contributed by atoms with Gasteiger partial charge < -0.3 is 15.0 Å². The van der Waals surface area contributed by atoms with Gasteiger partial charge in [-0.3, -0.25) is 9.89 Å². The molecule has 6 nitrogen and oxygen atoms in total. The largest absolute Gasteiger partial charge is 0.356 e. The number of hydrogen-bond donors (Lipinski definition) is 2. The first-order chi connectivity index (χ1) is 12.0. The van der Waals surface area contributed by atoms with Crippen LogP contribution in [0.25, 0.3) is 5.65 Å². The molecule has 0 saturated carbocycles. The summed E-state index contributed by atoms with van der Waals surface area (Å²) >= 11 is 0. The topological polar surface area (TPSA) is 57.0 Å². The number of rotatable bonds is 8. The van der Waals surface area contributed by atoms with E-state index in [9.17, 15) is 0 Å². The highest BCUT2D eigenvalue weighted by molar-refractivity contribution is 14.0. The minimum Gasteiger partial charge on any atom is -0.356 e. The molecule has 0 aliphatic carbocycles. The van der Waals surface area contributed by atoms with Crippen molar-refractivity contribution < 1.29 is 0 Å². The van der Waals surface area contributed by atoms with Crippen LogP contribution in [0.4, 0.5) is 0 Å². The zero-order valence-electron chi connectivity index (χ0n) is 16.6. The van der Waals surface area contributed by atoms with E-state index in [2.05, 4.69) is 63.8 Å². The van der Waals surface area contributed by atoms with Crippen LogP contribution in [0.15, 0.2) is 35.6 Å². The highest BCUT2D eigenvalue weighted by Gasteiger charge is 2.12. The van der Waals surface area contributed by atoms with Gasteiger partial charge in [0.05, 0.1) is 5.69 Å². The lowest BCUT2D eigenvalue weighted by molar-refractivity contribution is 0.178. The third-order valence-electron chi connectivity index (χ3n) is 4.30. The third kappa shape index (κ3) is 6.75. The lowest BCUT2D eigenvalue weighted by atomic mass is 10.2. The van der Waals surface area contributed by atoms with Crippen molar-refractivity contribution in [3.63, 3.8) is 0 Å². The predicted octanol–water partition coefficient (Wildman–Crippen LogP) is 2.78. The normalized spacial score (nSPS) is 12.1. The molecular weight excluding hydrogens is 439 g/mol. The number of aromatic nitrogens is 2. The average Bonchev–Trinajstić information content (AvgIpc) is 2.98. The molecule has 0 unspecified atom stereocenters. The highest BCUT2D eigenvalue weighted by Crippen LogP contribution is 2.05. The molecule has 146 valence electrons. The Morgan fingerprint density at radius 2 is 1.85 bits per heavy atom. The Morgan fingerprint density at radius 3 is 2.46 bits per heavy atom. The maximum Gasteiger partial charge on any atom is 0.191 e. The minimum absolute atomic E-state index is 0. The Balaban J connectivity index is 0.00000338. The van der Waals surface area contributed by atoms with Crippen molar-refractivity contribution in [2.24, 2.45) is 4.99 Å². The molecule has 0 radical (unpaired) electrons. The minimum atomic E-state index is 0. The molecule has 0 fully saturated rings. The molecule has 26 heavy (non-hydrogen) atoms. The van der Waals surface area contributed by atoms with Gasteiger partial charge in [-0.25, -0.2) is 4.98 Å². The van der Waals surface area contributed by atoms with Crippen LogP contribution in [0.3, 0.4) is 0 Å². The van der Waals surface area contributed by atoms with E-state index in [1.54, 1.807) is 0 Å². The van der Waals surface area contributed by atoms with Gasteiger partial charge in [-0.05, 0) is 39.8 Å². The van der Waals surface area contributed by atoms with E-state index in [0.717, 1.165) is 43.4 Å². The molecule has 0 bridgehead atoms. The second-order valence-electron chi connectivity index (χ2n) is 6.80. The molecule has 7 heteroatoms. The number of fused-ring (bicyclic) bond motifs is 1. The van der Waals surface area contributed by atoms with E-state index < -0.39 is 0 Å². The summed E-state index contributed by atoms with van der Waals surface area (Å²) in [7, 11) is 1.81. The Hall–Kier alpha value is -1.35. The van der Waals surface area contributed by atoms with Crippen molar-refractivity contribution >= 4 is 35.6 Å². The lowest BCUT2D eigenvalue weighted by Crippen LogP contribution is -2.45.